The van der Waals surface area contributed by atoms with Gasteiger partial charge in [0.2, 0.25) is 6.79 Å². The molecular formula is C29H33N7O4. The maximum absolute atomic E-state index is 13.6. The van der Waals surface area contributed by atoms with Crippen molar-refractivity contribution in [3.63, 3.8) is 0 Å². The van der Waals surface area contributed by atoms with E-state index >= 15 is 0 Å². The van der Waals surface area contributed by atoms with Crippen LogP contribution in [-0.4, -0.2) is 80.7 Å². The molecule has 208 valence electrons. The number of tetrazole rings is 1. The van der Waals surface area contributed by atoms with Crippen molar-refractivity contribution in [1.82, 2.24) is 35.0 Å². The highest BCUT2D eigenvalue weighted by atomic mass is 16.7. The summed E-state index contributed by atoms with van der Waals surface area (Å²) in [5.41, 5.74) is 3.64. The molecule has 2 fully saturated rings. The van der Waals surface area contributed by atoms with Crippen molar-refractivity contribution >= 4 is 10.9 Å². The fourth-order valence-corrected chi connectivity index (χ4v) is 6.10. The van der Waals surface area contributed by atoms with Gasteiger partial charge in [-0.15, -0.1) is 5.10 Å². The fourth-order valence-electron chi connectivity index (χ4n) is 6.10. The van der Waals surface area contributed by atoms with Crippen molar-refractivity contribution in [3.05, 3.63) is 75.3 Å². The lowest BCUT2D eigenvalue weighted by Crippen LogP contribution is -2.48. The third kappa shape index (κ3) is 4.85. The molecule has 0 bridgehead atoms. The molecule has 11 heteroatoms. The molecule has 0 radical (unpaired) electrons. The van der Waals surface area contributed by atoms with Crippen molar-refractivity contribution in [1.29, 1.82) is 0 Å². The molecule has 2 saturated heterocycles. The van der Waals surface area contributed by atoms with Gasteiger partial charge in [-0.3, -0.25) is 14.6 Å². The number of hydrogen-bond donors (Lipinski definition) is 1. The number of aryl methyl sites for hydroxylation is 1. The maximum atomic E-state index is 13.6. The second-order valence-corrected chi connectivity index (χ2v) is 10.8. The van der Waals surface area contributed by atoms with E-state index in [-0.39, 0.29) is 24.5 Å². The van der Waals surface area contributed by atoms with E-state index in [0.717, 1.165) is 80.1 Å². The minimum Gasteiger partial charge on any atom is -0.454 e. The van der Waals surface area contributed by atoms with E-state index < -0.39 is 0 Å². The third-order valence-corrected chi connectivity index (χ3v) is 8.23. The summed E-state index contributed by atoms with van der Waals surface area (Å²) in [6, 6.07) is 13.8. The predicted octanol–water partition coefficient (Wildman–Crippen LogP) is 2.64. The summed E-state index contributed by atoms with van der Waals surface area (Å²) >= 11 is 0. The number of aromatic nitrogens is 5. The second kappa shape index (κ2) is 10.6. The van der Waals surface area contributed by atoms with Gasteiger partial charge in [0.25, 0.3) is 5.56 Å². The standard InChI is InChI=1S/C29H33N7O4/c1-19-4-2-5-21-15-23(29(37)30-26(19)21)27(28-31-32-33-36(28)17-22-6-3-13-38-22)35-11-9-34(10-12-35)16-20-7-8-24-25(14-20)40-18-39-24/h2,4-5,7-8,14-15,22,27H,3,6,9-13,16-18H2,1H3,(H,30,37). The minimum absolute atomic E-state index is 0.0824. The third-order valence-electron chi connectivity index (χ3n) is 8.23. The van der Waals surface area contributed by atoms with E-state index in [0.29, 0.717) is 17.9 Å². The van der Waals surface area contributed by atoms with Gasteiger partial charge in [-0.1, -0.05) is 24.3 Å². The first-order valence-electron chi connectivity index (χ1n) is 14.0. The lowest BCUT2D eigenvalue weighted by atomic mass is 10.0. The molecular weight excluding hydrogens is 510 g/mol. The normalized spacial score (nSPS) is 20.4. The Bertz CT molecular complexity index is 1570. The molecule has 11 nitrogen and oxygen atoms in total. The lowest BCUT2D eigenvalue weighted by molar-refractivity contribution is 0.0840. The summed E-state index contributed by atoms with van der Waals surface area (Å²) in [4.78, 5) is 21.5. The molecule has 2 atom stereocenters. The van der Waals surface area contributed by atoms with E-state index in [4.69, 9.17) is 14.2 Å². The van der Waals surface area contributed by atoms with Crippen molar-refractivity contribution in [3.8, 4) is 11.5 Å². The number of hydrogen-bond acceptors (Lipinski definition) is 9. The van der Waals surface area contributed by atoms with Crippen LogP contribution in [0.2, 0.25) is 0 Å². The zero-order valence-electron chi connectivity index (χ0n) is 22.6. The summed E-state index contributed by atoms with van der Waals surface area (Å²) in [5.74, 6) is 2.28. The van der Waals surface area contributed by atoms with Crippen LogP contribution in [0.4, 0.5) is 0 Å². The van der Waals surface area contributed by atoms with Crippen LogP contribution in [0.5, 0.6) is 11.5 Å². The summed E-state index contributed by atoms with van der Waals surface area (Å²) in [6.07, 6.45) is 2.11. The van der Waals surface area contributed by atoms with Crippen LogP contribution in [-0.2, 0) is 17.8 Å². The van der Waals surface area contributed by atoms with Crippen LogP contribution < -0.4 is 15.0 Å². The Hall–Kier alpha value is -3.80. The van der Waals surface area contributed by atoms with Gasteiger partial charge in [-0.25, -0.2) is 4.68 Å². The molecule has 2 aromatic heterocycles. The van der Waals surface area contributed by atoms with Gasteiger partial charge in [0.1, 0.15) is 6.04 Å². The van der Waals surface area contributed by atoms with Gasteiger partial charge in [0.15, 0.2) is 17.3 Å². The van der Waals surface area contributed by atoms with Crippen molar-refractivity contribution in [2.24, 2.45) is 0 Å². The number of aromatic amines is 1. The topological polar surface area (TPSA) is 111 Å². The van der Waals surface area contributed by atoms with Crippen molar-refractivity contribution in [2.45, 2.75) is 45.0 Å². The van der Waals surface area contributed by atoms with Crippen LogP contribution >= 0.6 is 0 Å². The highest BCUT2D eigenvalue weighted by Gasteiger charge is 2.33. The van der Waals surface area contributed by atoms with Crippen LogP contribution in [0.1, 0.15) is 41.4 Å². The SMILES string of the molecule is Cc1cccc2cc(C(c3nnnn3CC3CCCO3)N3CCN(Cc4ccc5c(c4)OCO5)CC3)c(=O)[nH]c12. The number of piperazine rings is 1. The van der Waals surface area contributed by atoms with E-state index in [1.54, 1.807) is 0 Å². The van der Waals surface area contributed by atoms with Crippen LogP contribution in [0.3, 0.4) is 0 Å². The number of fused-ring (bicyclic) bond motifs is 2. The van der Waals surface area contributed by atoms with Crippen molar-refractivity contribution in [2.75, 3.05) is 39.6 Å². The molecule has 0 spiro atoms. The molecule has 40 heavy (non-hydrogen) atoms. The van der Waals surface area contributed by atoms with Gasteiger partial charge in [-0.05, 0) is 64.9 Å². The van der Waals surface area contributed by atoms with E-state index in [2.05, 4.69) is 42.4 Å². The number of para-hydroxylation sites is 1. The average Bonchev–Trinajstić information content (AvgIpc) is 3.74. The highest BCUT2D eigenvalue weighted by molar-refractivity contribution is 5.82. The number of nitrogens with zero attached hydrogens (tertiary/aromatic N) is 6. The Morgan fingerprint density at radius 3 is 2.80 bits per heavy atom. The number of benzene rings is 2. The number of rotatable bonds is 7. The minimum atomic E-state index is -0.377. The molecule has 0 saturated carbocycles. The Labute approximate surface area is 231 Å². The maximum Gasteiger partial charge on any atom is 0.253 e. The van der Waals surface area contributed by atoms with Crippen LogP contribution in [0, 0.1) is 6.92 Å². The molecule has 3 aliphatic rings. The Morgan fingerprint density at radius 1 is 1.07 bits per heavy atom. The summed E-state index contributed by atoms with van der Waals surface area (Å²) < 4.78 is 18.7. The molecule has 5 heterocycles. The van der Waals surface area contributed by atoms with Gasteiger partial charge in [-0.2, -0.15) is 0 Å². The fraction of sp³-hybridized carbons (Fsp3) is 0.448. The van der Waals surface area contributed by atoms with Crippen molar-refractivity contribution < 1.29 is 14.2 Å². The summed E-state index contributed by atoms with van der Waals surface area (Å²) in [7, 11) is 0. The van der Waals surface area contributed by atoms with Crippen LogP contribution in [0.15, 0.2) is 47.3 Å². The van der Waals surface area contributed by atoms with Gasteiger partial charge in [0, 0.05) is 44.9 Å². The van der Waals surface area contributed by atoms with Gasteiger partial charge < -0.3 is 19.2 Å². The van der Waals surface area contributed by atoms with E-state index in [1.807, 2.05) is 41.9 Å². The molecule has 1 N–H and O–H groups in total. The number of nitrogens with one attached hydrogen (secondary N) is 1. The molecule has 7 rings (SSSR count). The Kier molecular flexibility index (Phi) is 6.70. The number of pyridine rings is 1. The van der Waals surface area contributed by atoms with E-state index in [1.165, 1.54) is 5.56 Å². The largest absolute Gasteiger partial charge is 0.454 e. The Balaban J connectivity index is 1.18. The quantitative estimate of drug-likeness (QED) is 0.376. The molecule has 2 aromatic carbocycles. The van der Waals surface area contributed by atoms with Gasteiger partial charge >= 0.3 is 0 Å². The first kappa shape index (κ1) is 25.2. The molecule has 0 amide bonds. The smallest absolute Gasteiger partial charge is 0.253 e. The number of ether oxygens (including phenoxy) is 3. The lowest BCUT2D eigenvalue weighted by Gasteiger charge is -2.38. The summed E-state index contributed by atoms with van der Waals surface area (Å²) in [6.45, 7) is 7.69. The molecule has 4 aromatic rings. The first-order valence-corrected chi connectivity index (χ1v) is 14.0. The highest BCUT2D eigenvalue weighted by Crippen LogP contribution is 2.33. The van der Waals surface area contributed by atoms with Crippen LogP contribution in [0.25, 0.3) is 10.9 Å². The zero-order valence-corrected chi connectivity index (χ0v) is 22.6. The monoisotopic (exact) mass is 543 g/mol. The second-order valence-electron chi connectivity index (χ2n) is 10.8. The Morgan fingerprint density at radius 2 is 1.95 bits per heavy atom. The van der Waals surface area contributed by atoms with E-state index in [9.17, 15) is 4.79 Å². The molecule has 0 aliphatic carbocycles. The van der Waals surface area contributed by atoms with Gasteiger partial charge in [0.05, 0.1) is 18.2 Å². The number of H-pyrrole nitrogens is 1. The average molecular weight is 544 g/mol. The first-order chi connectivity index (χ1) is 19.6. The predicted molar refractivity (Wildman–Crippen MR) is 147 cm³/mol. The summed E-state index contributed by atoms with van der Waals surface area (Å²) in [5, 5.41) is 13.9. The zero-order chi connectivity index (χ0) is 27.1. The molecule has 3 aliphatic heterocycles. The molecule has 2 unspecified atom stereocenters.